The molecule has 134 valence electrons. The molecular formula is C18H24N4O3. The van der Waals surface area contributed by atoms with E-state index in [1.807, 2.05) is 24.3 Å². The van der Waals surface area contributed by atoms with Crippen molar-refractivity contribution >= 4 is 11.7 Å². The van der Waals surface area contributed by atoms with Gasteiger partial charge in [-0.1, -0.05) is 13.8 Å². The lowest BCUT2D eigenvalue weighted by atomic mass is 10.2. The summed E-state index contributed by atoms with van der Waals surface area (Å²) in [6, 6.07) is 7.26. The second-order valence-electron chi connectivity index (χ2n) is 5.84. The Labute approximate surface area is 147 Å². The van der Waals surface area contributed by atoms with Crippen molar-refractivity contribution in [3.05, 3.63) is 42.4 Å². The third-order valence-electron chi connectivity index (χ3n) is 3.29. The molecule has 0 atom stereocenters. The lowest BCUT2D eigenvalue weighted by Gasteiger charge is -2.09. The molecule has 0 aliphatic rings. The Balaban J connectivity index is 1.72. The summed E-state index contributed by atoms with van der Waals surface area (Å²) in [4.78, 5) is 20.3. The normalized spacial score (nSPS) is 10.4. The van der Waals surface area contributed by atoms with Crippen LogP contribution in [0.15, 0.2) is 36.7 Å². The minimum Gasteiger partial charge on any atom is -0.497 e. The zero-order valence-electron chi connectivity index (χ0n) is 14.8. The third-order valence-corrected chi connectivity index (χ3v) is 3.29. The molecule has 0 aliphatic heterocycles. The van der Waals surface area contributed by atoms with E-state index in [2.05, 4.69) is 34.4 Å². The van der Waals surface area contributed by atoms with Crippen molar-refractivity contribution in [3.63, 3.8) is 0 Å². The molecule has 0 saturated carbocycles. The van der Waals surface area contributed by atoms with Crippen molar-refractivity contribution in [2.75, 3.05) is 32.1 Å². The van der Waals surface area contributed by atoms with Crippen molar-refractivity contribution in [1.82, 2.24) is 15.3 Å². The number of hydrogen-bond acceptors (Lipinski definition) is 6. The van der Waals surface area contributed by atoms with Gasteiger partial charge in [-0.25, -0.2) is 9.97 Å². The average Bonchev–Trinajstić information content (AvgIpc) is 2.64. The summed E-state index contributed by atoms with van der Waals surface area (Å²) in [7, 11) is 1.61. The quantitative estimate of drug-likeness (QED) is 0.679. The maximum absolute atomic E-state index is 12.0. The van der Waals surface area contributed by atoms with E-state index >= 15 is 0 Å². The van der Waals surface area contributed by atoms with Crippen LogP contribution in [0.1, 0.15) is 24.3 Å². The van der Waals surface area contributed by atoms with Crippen LogP contribution in [0.5, 0.6) is 11.5 Å². The molecule has 0 spiro atoms. The van der Waals surface area contributed by atoms with Crippen molar-refractivity contribution in [1.29, 1.82) is 0 Å². The summed E-state index contributed by atoms with van der Waals surface area (Å²) in [6.07, 6.45) is 3.02. The molecule has 2 aromatic rings. The topological polar surface area (TPSA) is 85.4 Å². The fourth-order valence-corrected chi connectivity index (χ4v) is 1.94. The van der Waals surface area contributed by atoms with E-state index in [0.29, 0.717) is 24.9 Å². The molecule has 0 aliphatic carbocycles. The number of hydrogen-bond donors (Lipinski definition) is 2. The van der Waals surface area contributed by atoms with Gasteiger partial charge in [0.1, 0.15) is 29.6 Å². The van der Waals surface area contributed by atoms with Crippen LogP contribution >= 0.6 is 0 Å². The fourth-order valence-electron chi connectivity index (χ4n) is 1.94. The van der Waals surface area contributed by atoms with Crippen LogP contribution in [0.4, 0.5) is 5.82 Å². The van der Waals surface area contributed by atoms with E-state index in [9.17, 15) is 4.79 Å². The van der Waals surface area contributed by atoms with Gasteiger partial charge in [-0.3, -0.25) is 4.79 Å². The maximum atomic E-state index is 12.0. The van der Waals surface area contributed by atoms with Crippen LogP contribution in [0, 0.1) is 5.92 Å². The highest BCUT2D eigenvalue weighted by Gasteiger charge is 2.07. The molecule has 25 heavy (non-hydrogen) atoms. The smallest absolute Gasteiger partial charge is 0.271 e. The minimum absolute atomic E-state index is 0.277. The number of rotatable bonds is 9. The van der Waals surface area contributed by atoms with Gasteiger partial charge in [0, 0.05) is 6.54 Å². The van der Waals surface area contributed by atoms with Gasteiger partial charge in [-0.15, -0.1) is 0 Å². The summed E-state index contributed by atoms with van der Waals surface area (Å²) < 4.78 is 10.6. The first-order valence-corrected chi connectivity index (χ1v) is 8.19. The second kappa shape index (κ2) is 9.46. The van der Waals surface area contributed by atoms with Gasteiger partial charge < -0.3 is 20.1 Å². The summed E-state index contributed by atoms with van der Waals surface area (Å²) in [6.45, 7) is 5.76. The Morgan fingerprint density at radius 2 is 1.84 bits per heavy atom. The Hall–Kier alpha value is -2.83. The number of ether oxygens (including phenoxy) is 2. The number of amides is 1. The highest BCUT2D eigenvalue weighted by Crippen LogP contribution is 2.16. The Bertz CT molecular complexity index is 657. The molecule has 2 rings (SSSR count). The molecule has 1 aromatic heterocycles. The number of carbonyl (C=O) groups is 1. The van der Waals surface area contributed by atoms with E-state index in [4.69, 9.17) is 9.47 Å². The van der Waals surface area contributed by atoms with Crippen LogP contribution in [-0.4, -0.2) is 42.7 Å². The van der Waals surface area contributed by atoms with E-state index in [-0.39, 0.29) is 11.6 Å². The van der Waals surface area contributed by atoms with Gasteiger partial charge in [0.05, 0.1) is 26.0 Å². The standard InChI is InChI=1S/C18H24N4O3/c1-13(2)10-21-17-12-20-16(11-22-17)18(23)19-8-9-25-15-6-4-14(24-3)5-7-15/h4-7,11-13H,8-10H2,1-3H3,(H,19,23)(H,21,22). The minimum atomic E-state index is -0.277. The number of aromatic nitrogens is 2. The zero-order chi connectivity index (χ0) is 18.1. The Morgan fingerprint density at radius 1 is 1.12 bits per heavy atom. The summed E-state index contributed by atoms with van der Waals surface area (Å²) >= 11 is 0. The van der Waals surface area contributed by atoms with Crippen molar-refractivity contribution in [3.8, 4) is 11.5 Å². The second-order valence-corrected chi connectivity index (χ2v) is 5.84. The van der Waals surface area contributed by atoms with Crippen LogP contribution in [0.3, 0.4) is 0 Å². The van der Waals surface area contributed by atoms with Crippen LogP contribution in [-0.2, 0) is 0 Å². The number of nitrogens with zero attached hydrogens (tertiary/aromatic N) is 2. The van der Waals surface area contributed by atoms with Crippen LogP contribution in [0.25, 0.3) is 0 Å². The van der Waals surface area contributed by atoms with Gasteiger partial charge in [0.25, 0.3) is 5.91 Å². The fraction of sp³-hybridized carbons (Fsp3) is 0.389. The summed E-state index contributed by atoms with van der Waals surface area (Å²) in [5.74, 6) is 2.38. The lowest BCUT2D eigenvalue weighted by molar-refractivity contribution is 0.0941. The highest BCUT2D eigenvalue weighted by atomic mass is 16.5. The van der Waals surface area contributed by atoms with Gasteiger partial charge in [-0.2, -0.15) is 0 Å². The maximum Gasteiger partial charge on any atom is 0.271 e. The number of carbonyl (C=O) groups excluding carboxylic acids is 1. The van der Waals surface area contributed by atoms with E-state index in [1.165, 1.54) is 6.20 Å². The summed E-state index contributed by atoms with van der Waals surface area (Å²) in [5.41, 5.74) is 0.277. The molecule has 1 amide bonds. The molecule has 0 unspecified atom stereocenters. The Kier molecular flexibility index (Phi) is 7.00. The van der Waals surface area contributed by atoms with Crippen LogP contribution in [0.2, 0.25) is 0 Å². The van der Waals surface area contributed by atoms with Gasteiger partial charge in [-0.05, 0) is 30.2 Å². The molecular weight excluding hydrogens is 320 g/mol. The van der Waals surface area contributed by atoms with Crippen molar-refractivity contribution in [2.24, 2.45) is 5.92 Å². The van der Waals surface area contributed by atoms with Crippen molar-refractivity contribution in [2.45, 2.75) is 13.8 Å². The largest absolute Gasteiger partial charge is 0.497 e. The van der Waals surface area contributed by atoms with Gasteiger partial charge in [0.15, 0.2) is 0 Å². The van der Waals surface area contributed by atoms with Gasteiger partial charge in [0.2, 0.25) is 0 Å². The molecule has 1 heterocycles. The van der Waals surface area contributed by atoms with Gasteiger partial charge >= 0.3 is 0 Å². The SMILES string of the molecule is COc1ccc(OCCNC(=O)c2cnc(NCC(C)C)cn2)cc1. The average molecular weight is 344 g/mol. The Morgan fingerprint density at radius 3 is 2.44 bits per heavy atom. The molecule has 0 radical (unpaired) electrons. The number of benzene rings is 1. The monoisotopic (exact) mass is 344 g/mol. The first kappa shape index (κ1) is 18.5. The first-order chi connectivity index (χ1) is 12.1. The predicted molar refractivity (Wildman–Crippen MR) is 96.2 cm³/mol. The molecule has 2 N–H and O–H groups in total. The van der Waals surface area contributed by atoms with E-state index in [0.717, 1.165) is 18.0 Å². The van der Waals surface area contributed by atoms with Crippen molar-refractivity contribution < 1.29 is 14.3 Å². The zero-order valence-corrected chi connectivity index (χ0v) is 14.8. The number of anilines is 1. The third kappa shape index (κ3) is 6.29. The molecule has 1 aromatic carbocycles. The van der Waals surface area contributed by atoms with E-state index in [1.54, 1.807) is 13.3 Å². The summed E-state index contributed by atoms with van der Waals surface area (Å²) in [5, 5.41) is 5.90. The molecule has 7 nitrogen and oxygen atoms in total. The number of nitrogens with one attached hydrogen (secondary N) is 2. The molecule has 0 bridgehead atoms. The highest BCUT2D eigenvalue weighted by molar-refractivity contribution is 5.91. The van der Waals surface area contributed by atoms with Crippen LogP contribution < -0.4 is 20.1 Å². The predicted octanol–water partition coefficient (Wildman–Crippen LogP) is 2.36. The number of methoxy groups -OCH3 is 1. The van der Waals surface area contributed by atoms with E-state index < -0.39 is 0 Å². The molecule has 0 saturated heterocycles. The molecule has 7 heteroatoms. The lowest BCUT2D eigenvalue weighted by Crippen LogP contribution is -2.29. The first-order valence-electron chi connectivity index (χ1n) is 8.19. The molecule has 0 fully saturated rings.